The van der Waals surface area contributed by atoms with Gasteiger partial charge in [-0.3, -0.25) is 4.79 Å². The Balaban J connectivity index is 1.86. The number of anilines is 1. The zero-order valence-electron chi connectivity index (χ0n) is 15.1. The van der Waals surface area contributed by atoms with Gasteiger partial charge in [-0.2, -0.15) is 0 Å². The maximum Gasteiger partial charge on any atom is 0.224 e. The molecular formula is C20H26N2O3. The van der Waals surface area contributed by atoms with Gasteiger partial charge in [0, 0.05) is 37.8 Å². The number of rotatable bonds is 9. The van der Waals surface area contributed by atoms with Crippen molar-refractivity contribution in [2.75, 3.05) is 32.6 Å². The van der Waals surface area contributed by atoms with Gasteiger partial charge in [-0.1, -0.05) is 30.3 Å². The first-order valence-electron chi connectivity index (χ1n) is 8.45. The Morgan fingerprint density at radius 3 is 2.40 bits per heavy atom. The molecule has 0 saturated carbocycles. The van der Waals surface area contributed by atoms with Crippen LogP contribution in [0.2, 0.25) is 0 Å². The highest BCUT2D eigenvalue weighted by molar-refractivity contribution is 5.76. The molecule has 0 aliphatic carbocycles. The molecule has 2 aromatic rings. The Morgan fingerprint density at radius 2 is 1.76 bits per heavy atom. The van der Waals surface area contributed by atoms with E-state index in [1.54, 1.807) is 14.2 Å². The number of carbonyl (C=O) groups is 1. The normalized spacial score (nSPS) is 10.2. The average molecular weight is 342 g/mol. The van der Waals surface area contributed by atoms with E-state index < -0.39 is 0 Å². The highest BCUT2D eigenvalue weighted by atomic mass is 16.5. The largest absolute Gasteiger partial charge is 0.493 e. The van der Waals surface area contributed by atoms with Gasteiger partial charge in [-0.05, 0) is 24.6 Å². The van der Waals surface area contributed by atoms with Gasteiger partial charge in [0.25, 0.3) is 0 Å². The van der Waals surface area contributed by atoms with Crippen LogP contribution in [0.15, 0.2) is 48.5 Å². The molecule has 0 aromatic heterocycles. The average Bonchev–Trinajstić information content (AvgIpc) is 2.66. The van der Waals surface area contributed by atoms with E-state index in [1.165, 1.54) is 0 Å². The first-order chi connectivity index (χ1) is 12.2. The van der Waals surface area contributed by atoms with Crippen LogP contribution in [0.1, 0.15) is 18.9 Å². The van der Waals surface area contributed by atoms with Gasteiger partial charge >= 0.3 is 0 Å². The SMILES string of the molecule is CCN(Cc1ccccc1)C(=O)CCNc1ccc(OC)c(OC)c1. The van der Waals surface area contributed by atoms with E-state index >= 15 is 0 Å². The van der Waals surface area contributed by atoms with E-state index in [9.17, 15) is 4.79 Å². The minimum absolute atomic E-state index is 0.138. The standard InChI is InChI=1S/C20H26N2O3/c1-4-22(15-16-8-6-5-7-9-16)20(23)12-13-21-17-10-11-18(24-2)19(14-17)25-3/h5-11,14,21H,4,12-13,15H2,1-3H3. The van der Waals surface area contributed by atoms with Crippen LogP contribution < -0.4 is 14.8 Å². The van der Waals surface area contributed by atoms with Crippen molar-refractivity contribution in [3.05, 3.63) is 54.1 Å². The van der Waals surface area contributed by atoms with E-state index in [0.29, 0.717) is 37.6 Å². The molecule has 0 aliphatic rings. The molecule has 134 valence electrons. The Hall–Kier alpha value is -2.69. The summed E-state index contributed by atoms with van der Waals surface area (Å²) in [6.07, 6.45) is 0.440. The van der Waals surface area contributed by atoms with Gasteiger partial charge < -0.3 is 19.7 Å². The fourth-order valence-electron chi connectivity index (χ4n) is 2.60. The van der Waals surface area contributed by atoms with Crippen molar-refractivity contribution in [3.8, 4) is 11.5 Å². The van der Waals surface area contributed by atoms with E-state index in [-0.39, 0.29) is 5.91 Å². The van der Waals surface area contributed by atoms with Crippen molar-refractivity contribution in [2.24, 2.45) is 0 Å². The lowest BCUT2D eigenvalue weighted by molar-refractivity contribution is -0.131. The van der Waals surface area contributed by atoms with Crippen LogP contribution in [0.3, 0.4) is 0 Å². The lowest BCUT2D eigenvalue weighted by Gasteiger charge is -2.21. The number of hydrogen-bond acceptors (Lipinski definition) is 4. The highest BCUT2D eigenvalue weighted by Crippen LogP contribution is 2.29. The Kier molecular flexibility index (Phi) is 7.14. The monoisotopic (exact) mass is 342 g/mol. The predicted octanol–water partition coefficient (Wildman–Crippen LogP) is 3.55. The summed E-state index contributed by atoms with van der Waals surface area (Å²) in [5.41, 5.74) is 2.04. The summed E-state index contributed by atoms with van der Waals surface area (Å²) >= 11 is 0. The molecule has 0 unspecified atom stereocenters. The molecule has 0 bridgehead atoms. The van der Waals surface area contributed by atoms with E-state index in [1.807, 2.05) is 60.4 Å². The van der Waals surface area contributed by atoms with Crippen LogP contribution in [0.5, 0.6) is 11.5 Å². The van der Waals surface area contributed by atoms with E-state index in [4.69, 9.17) is 9.47 Å². The van der Waals surface area contributed by atoms with Gasteiger partial charge in [0.05, 0.1) is 14.2 Å². The summed E-state index contributed by atoms with van der Waals surface area (Å²) in [4.78, 5) is 14.3. The van der Waals surface area contributed by atoms with Gasteiger partial charge in [0.15, 0.2) is 11.5 Å². The van der Waals surface area contributed by atoms with Crippen LogP contribution in [0, 0.1) is 0 Å². The number of nitrogens with zero attached hydrogens (tertiary/aromatic N) is 1. The number of nitrogens with one attached hydrogen (secondary N) is 1. The van der Waals surface area contributed by atoms with Crippen molar-refractivity contribution in [3.63, 3.8) is 0 Å². The van der Waals surface area contributed by atoms with Crippen LogP contribution in [-0.4, -0.2) is 38.1 Å². The number of hydrogen-bond donors (Lipinski definition) is 1. The van der Waals surface area contributed by atoms with Crippen molar-refractivity contribution in [1.82, 2.24) is 4.90 Å². The molecule has 5 heteroatoms. The second-order valence-electron chi connectivity index (χ2n) is 5.64. The van der Waals surface area contributed by atoms with Crippen LogP contribution in [-0.2, 0) is 11.3 Å². The summed E-state index contributed by atoms with van der Waals surface area (Å²) in [6, 6.07) is 15.7. The maximum absolute atomic E-state index is 12.4. The Labute approximate surface area is 149 Å². The highest BCUT2D eigenvalue weighted by Gasteiger charge is 2.12. The molecule has 0 saturated heterocycles. The molecular weight excluding hydrogens is 316 g/mol. The number of benzene rings is 2. The molecule has 1 N–H and O–H groups in total. The molecule has 2 rings (SSSR count). The first kappa shape index (κ1) is 18.6. The predicted molar refractivity (Wildman–Crippen MR) is 100 cm³/mol. The van der Waals surface area contributed by atoms with Crippen molar-refractivity contribution < 1.29 is 14.3 Å². The van der Waals surface area contributed by atoms with Crippen molar-refractivity contribution in [1.29, 1.82) is 0 Å². The molecule has 0 aliphatic heterocycles. The van der Waals surface area contributed by atoms with E-state index in [2.05, 4.69) is 5.32 Å². The number of carbonyl (C=O) groups excluding carboxylic acids is 1. The molecule has 2 aromatic carbocycles. The van der Waals surface area contributed by atoms with Gasteiger partial charge in [-0.15, -0.1) is 0 Å². The maximum atomic E-state index is 12.4. The second kappa shape index (κ2) is 9.57. The molecule has 25 heavy (non-hydrogen) atoms. The fraction of sp³-hybridized carbons (Fsp3) is 0.350. The fourth-order valence-corrected chi connectivity index (χ4v) is 2.60. The summed E-state index contributed by atoms with van der Waals surface area (Å²) in [5.74, 6) is 1.49. The van der Waals surface area contributed by atoms with Gasteiger partial charge in [0.1, 0.15) is 0 Å². The van der Waals surface area contributed by atoms with Crippen LogP contribution >= 0.6 is 0 Å². The summed E-state index contributed by atoms with van der Waals surface area (Å²) in [7, 11) is 3.21. The van der Waals surface area contributed by atoms with Crippen LogP contribution in [0.4, 0.5) is 5.69 Å². The molecule has 0 radical (unpaired) electrons. The minimum atomic E-state index is 0.138. The molecule has 0 fully saturated rings. The number of methoxy groups -OCH3 is 2. The third-order valence-electron chi connectivity index (χ3n) is 4.00. The van der Waals surface area contributed by atoms with E-state index in [0.717, 1.165) is 11.3 Å². The van der Waals surface area contributed by atoms with Crippen molar-refractivity contribution in [2.45, 2.75) is 19.9 Å². The zero-order valence-corrected chi connectivity index (χ0v) is 15.1. The molecule has 1 amide bonds. The zero-order chi connectivity index (χ0) is 18.1. The molecule has 0 spiro atoms. The Morgan fingerprint density at radius 1 is 1.04 bits per heavy atom. The molecule has 0 atom stereocenters. The summed E-state index contributed by atoms with van der Waals surface area (Å²) in [6.45, 7) is 3.92. The van der Waals surface area contributed by atoms with Gasteiger partial charge in [-0.25, -0.2) is 0 Å². The lowest BCUT2D eigenvalue weighted by atomic mass is 10.2. The topological polar surface area (TPSA) is 50.8 Å². The van der Waals surface area contributed by atoms with Gasteiger partial charge in [0.2, 0.25) is 5.91 Å². The Bertz CT molecular complexity index is 674. The third kappa shape index (κ3) is 5.41. The third-order valence-corrected chi connectivity index (χ3v) is 4.00. The minimum Gasteiger partial charge on any atom is -0.493 e. The smallest absolute Gasteiger partial charge is 0.224 e. The first-order valence-corrected chi connectivity index (χ1v) is 8.45. The summed E-state index contributed by atoms with van der Waals surface area (Å²) < 4.78 is 10.5. The van der Waals surface area contributed by atoms with Crippen molar-refractivity contribution >= 4 is 11.6 Å². The number of amides is 1. The molecule has 5 nitrogen and oxygen atoms in total. The number of ether oxygens (including phenoxy) is 2. The second-order valence-corrected chi connectivity index (χ2v) is 5.64. The lowest BCUT2D eigenvalue weighted by Crippen LogP contribution is -2.31. The summed E-state index contributed by atoms with van der Waals surface area (Å²) in [5, 5.41) is 3.26. The quantitative estimate of drug-likeness (QED) is 0.757. The van der Waals surface area contributed by atoms with Crippen LogP contribution in [0.25, 0.3) is 0 Å². The molecule has 0 heterocycles.